The van der Waals surface area contributed by atoms with E-state index in [1.54, 1.807) is 0 Å². The van der Waals surface area contributed by atoms with Crippen LogP contribution < -0.4 is 0 Å². The van der Waals surface area contributed by atoms with Crippen LogP contribution in [0.25, 0.3) is 0 Å². The Hall–Kier alpha value is 0.270. The van der Waals surface area contributed by atoms with Crippen LogP contribution in [-0.2, 0) is 0 Å². The summed E-state index contributed by atoms with van der Waals surface area (Å²) < 4.78 is 10.1. The van der Waals surface area contributed by atoms with Crippen LogP contribution in [0.5, 0.6) is 0 Å². The molecule has 0 aliphatic rings. The van der Waals surface area contributed by atoms with Crippen LogP contribution in [0.4, 0.5) is 0 Å². The second-order valence-corrected chi connectivity index (χ2v) is 10.5. The molecule has 0 aliphatic carbocycles. The van der Waals surface area contributed by atoms with Gasteiger partial charge in [-0.1, -0.05) is 0 Å². The van der Waals surface area contributed by atoms with Crippen molar-refractivity contribution in [3.63, 3.8) is 0 Å². The summed E-state index contributed by atoms with van der Waals surface area (Å²) in [6, 6.07) is 0. The van der Waals surface area contributed by atoms with E-state index in [0.717, 1.165) is 0 Å². The molecule has 0 aliphatic heterocycles. The van der Waals surface area contributed by atoms with E-state index in [9.17, 15) is 0 Å². The van der Waals surface area contributed by atoms with Gasteiger partial charge in [0.25, 0.3) is 0 Å². The molecule has 0 aromatic rings. The molecule has 5 heteroatoms. The van der Waals surface area contributed by atoms with E-state index in [1.807, 2.05) is 0 Å². The van der Waals surface area contributed by atoms with E-state index >= 15 is 0 Å². The van der Waals surface area contributed by atoms with Gasteiger partial charge in [0, 0.05) is 0 Å². The van der Waals surface area contributed by atoms with Crippen molar-refractivity contribution in [3.05, 3.63) is 0 Å². The summed E-state index contributed by atoms with van der Waals surface area (Å²) in [5, 5.41) is 0. The molecule has 0 bridgehead atoms. The van der Waals surface area contributed by atoms with Gasteiger partial charge in [0.15, 0.2) is 0 Å². The number of nitrogens with zero attached hydrogens (tertiary/aromatic N) is 4. The molecule has 0 heterocycles. The molecule has 4 nitrogen and oxygen atoms in total. The Kier molecular flexibility index (Phi) is 9.38. The average molecular weight is 292 g/mol. The van der Waals surface area contributed by atoms with Gasteiger partial charge in [-0.25, -0.2) is 0 Å². The Labute approximate surface area is 122 Å². The van der Waals surface area contributed by atoms with Gasteiger partial charge in [-0.05, 0) is 0 Å². The van der Waals surface area contributed by atoms with Crippen molar-refractivity contribution in [2.45, 2.75) is 39.5 Å². The standard InChI is InChI=1S/C14H37N4P/c1-9-11-13-18(14-12-10-2)19(15(3)4,16(5)6)17(7)8/h19H,9-14H2,1-8H3. The number of hydrogen-bond donors (Lipinski definition) is 0. The molecule has 0 saturated heterocycles. The first-order valence-electron chi connectivity index (χ1n) is 7.62. The van der Waals surface area contributed by atoms with Crippen LogP contribution in [0, 0.1) is 0 Å². The van der Waals surface area contributed by atoms with Crippen molar-refractivity contribution in [1.29, 1.82) is 0 Å². The van der Waals surface area contributed by atoms with Crippen molar-refractivity contribution in [2.75, 3.05) is 55.4 Å². The zero-order valence-corrected chi connectivity index (χ0v) is 15.5. The summed E-state index contributed by atoms with van der Waals surface area (Å²) in [6.45, 7) is 6.97. The van der Waals surface area contributed by atoms with Gasteiger partial charge < -0.3 is 0 Å². The molecular weight excluding hydrogens is 255 g/mol. The first-order valence-corrected chi connectivity index (χ1v) is 9.41. The van der Waals surface area contributed by atoms with E-state index in [4.69, 9.17) is 0 Å². The number of rotatable bonds is 10. The fourth-order valence-corrected chi connectivity index (χ4v) is 8.17. The quantitative estimate of drug-likeness (QED) is 0.574. The maximum absolute atomic E-state index is 2.75. The van der Waals surface area contributed by atoms with E-state index in [1.165, 1.54) is 38.8 Å². The monoisotopic (exact) mass is 292 g/mol. The molecule has 0 aromatic carbocycles. The van der Waals surface area contributed by atoms with Crippen molar-refractivity contribution >= 4 is 7.87 Å². The summed E-state index contributed by atoms with van der Waals surface area (Å²) >= 11 is 0. The van der Waals surface area contributed by atoms with Crippen LogP contribution in [0.2, 0.25) is 0 Å². The third kappa shape index (κ3) is 4.64. The zero-order chi connectivity index (χ0) is 15.1. The summed E-state index contributed by atoms with van der Waals surface area (Å²) in [6.07, 6.45) is 5.10. The Balaban J connectivity index is 5.31. The normalized spacial score (nSPS) is 14.1. The second kappa shape index (κ2) is 9.25. The first kappa shape index (κ1) is 19.3. The minimum absolute atomic E-state index is 1.21. The van der Waals surface area contributed by atoms with E-state index < -0.39 is 7.87 Å². The van der Waals surface area contributed by atoms with Crippen molar-refractivity contribution in [3.8, 4) is 0 Å². The summed E-state index contributed by atoms with van der Waals surface area (Å²) in [5.74, 6) is 0. The van der Waals surface area contributed by atoms with E-state index in [0.29, 0.717) is 0 Å². The van der Waals surface area contributed by atoms with Crippen LogP contribution in [0.3, 0.4) is 0 Å². The van der Waals surface area contributed by atoms with Gasteiger partial charge in [0.2, 0.25) is 0 Å². The predicted molar refractivity (Wildman–Crippen MR) is 90.8 cm³/mol. The average Bonchev–Trinajstić information content (AvgIpc) is 2.31. The molecule has 0 N–H and O–H groups in total. The molecule has 0 amide bonds. The molecule has 0 unspecified atom stereocenters. The topological polar surface area (TPSA) is 13.0 Å². The van der Waals surface area contributed by atoms with E-state index in [2.05, 4.69) is 74.8 Å². The summed E-state index contributed by atoms with van der Waals surface area (Å²) in [4.78, 5) is 0. The Bertz CT molecular complexity index is 202. The van der Waals surface area contributed by atoms with Gasteiger partial charge in [0.1, 0.15) is 0 Å². The molecule has 0 rings (SSSR count). The van der Waals surface area contributed by atoms with Crippen molar-refractivity contribution < 1.29 is 0 Å². The van der Waals surface area contributed by atoms with Crippen LogP contribution in [0.15, 0.2) is 0 Å². The molecule has 0 radical (unpaired) electrons. The second-order valence-electron chi connectivity index (χ2n) is 5.98. The zero-order valence-electron chi connectivity index (χ0n) is 14.5. The summed E-state index contributed by atoms with van der Waals surface area (Å²) in [7, 11) is 11.5. The maximum atomic E-state index is 2.75. The number of hydrogen-bond acceptors (Lipinski definition) is 4. The van der Waals surface area contributed by atoms with Gasteiger partial charge in [-0.2, -0.15) is 0 Å². The molecule has 118 valence electrons. The first-order chi connectivity index (χ1) is 8.85. The molecule has 0 fully saturated rings. The number of unbranched alkanes of at least 4 members (excludes halogenated alkanes) is 2. The van der Waals surface area contributed by atoms with Gasteiger partial charge >= 0.3 is 121 Å². The summed E-state index contributed by atoms with van der Waals surface area (Å²) in [5.41, 5.74) is 0. The predicted octanol–water partition coefficient (Wildman–Crippen LogP) is 2.98. The SMILES string of the molecule is CCCCN(CCCC)[PH](N(C)C)(N(C)C)N(C)C. The third-order valence-electron chi connectivity index (χ3n) is 3.79. The fraction of sp³-hybridized carbons (Fsp3) is 1.00. The Morgan fingerprint density at radius 1 is 0.632 bits per heavy atom. The molecule has 0 atom stereocenters. The molecular formula is C14H37N4P. The van der Waals surface area contributed by atoms with Crippen molar-refractivity contribution in [2.24, 2.45) is 0 Å². The molecule has 19 heavy (non-hydrogen) atoms. The molecule has 0 spiro atoms. The fourth-order valence-electron chi connectivity index (χ4n) is 3.16. The minimum atomic E-state index is -1.90. The van der Waals surface area contributed by atoms with Crippen LogP contribution in [0.1, 0.15) is 39.5 Å². The Morgan fingerprint density at radius 2 is 0.947 bits per heavy atom. The molecule has 0 saturated carbocycles. The van der Waals surface area contributed by atoms with Gasteiger partial charge in [0.05, 0.1) is 0 Å². The third-order valence-corrected chi connectivity index (χ3v) is 8.68. The van der Waals surface area contributed by atoms with Gasteiger partial charge in [-0.15, -0.1) is 0 Å². The van der Waals surface area contributed by atoms with Gasteiger partial charge in [-0.3, -0.25) is 0 Å². The molecule has 0 aromatic heterocycles. The van der Waals surface area contributed by atoms with Crippen LogP contribution in [-0.4, -0.2) is 74.1 Å². The van der Waals surface area contributed by atoms with Crippen LogP contribution >= 0.6 is 7.87 Å². The van der Waals surface area contributed by atoms with E-state index in [-0.39, 0.29) is 0 Å². The Morgan fingerprint density at radius 3 is 1.16 bits per heavy atom. The van der Waals surface area contributed by atoms with Crippen molar-refractivity contribution in [1.82, 2.24) is 18.7 Å².